The second-order valence-corrected chi connectivity index (χ2v) is 2.82. The molecule has 9 heavy (non-hydrogen) atoms. The summed E-state index contributed by atoms with van der Waals surface area (Å²) in [5.74, 6) is 0.586. The summed E-state index contributed by atoms with van der Waals surface area (Å²) in [6, 6.07) is 0. The maximum atomic E-state index is 3.93. The molecule has 1 aromatic rings. The molecule has 1 N–H and O–H groups in total. The lowest BCUT2D eigenvalue weighted by Crippen LogP contribution is -3.00. The Kier molecular flexibility index (Phi) is 4.29. The number of hydrogen-bond donors (Lipinski definition) is 0. The molecule has 1 rings (SSSR count). The Morgan fingerprint density at radius 3 is 2.56 bits per heavy atom. The molecule has 0 saturated heterocycles. The Balaban J connectivity index is 0.000000640. The molecule has 1 aromatic heterocycles. The van der Waals surface area contributed by atoms with Crippen molar-refractivity contribution in [3.8, 4) is 0 Å². The van der Waals surface area contributed by atoms with E-state index in [0.29, 0.717) is 5.92 Å². The topological polar surface area (TPSA) is 27.0 Å². The van der Waals surface area contributed by atoms with E-state index < -0.39 is 0 Å². The zero-order chi connectivity index (χ0) is 5.98. The van der Waals surface area contributed by atoms with Gasteiger partial charge < -0.3 is 24.0 Å². The summed E-state index contributed by atoms with van der Waals surface area (Å²) in [5.41, 5.74) is 0. The molecule has 0 aliphatic carbocycles. The smallest absolute Gasteiger partial charge is 0.300 e. The highest BCUT2D eigenvalue weighted by Gasteiger charge is 2.05. The van der Waals surface area contributed by atoms with Crippen molar-refractivity contribution in [2.75, 3.05) is 0 Å². The van der Waals surface area contributed by atoms with E-state index in [1.807, 2.05) is 0 Å². The molecule has 0 unspecified atom stereocenters. The fourth-order valence-corrected chi connectivity index (χ4v) is 1.01. The van der Waals surface area contributed by atoms with Crippen LogP contribution in [0.15, 0.2) is 6.33 Å². The third-order valence-electron chi connectivity index (χ3n) is 0.935. The van der Waals surface area contributed by atoms with E-state index in [0.717, 1.165) is 0 Å². The number of rotatable bonds is 1. The van der Waals surface area contributed by atoms with E-state index in [9.17, 15) is 0 Å². The summed E-state index contributed by atoms with van der Waals surface area (Å²) in [5, 5.41) is 1.24. The zero-order valence-corrected chi connectivity index (χ0v) is 8.36. The van der Waals surface area contributed by atoms with Crippen molar-refractivity contribution in [2.45, 2.75) is 19.8 Å². The van der Waals surface area contributed by atoms with Crippen molar-refractivity contribution in [1.29, 1.82) is 0 Å². The van der Waals surface area contributed by atoms with Crippen LogP contribution in [0.5, 0.6) is 0 Å². The first-order valence-electron chi connectivity index (χ1n) is 2.63. The molecule has 0 radical (unpaired) electrons. The normalized spacial score (nSPS) is 9.22. The molecule has 0 aromatic carbocycles. The standard InChI is InChI=1S/C5H8N2S.HI/c1-4(2)5-6-3-7-8-5;/h3-4H,1-2H3;1H. The van der Waals surface area contributed by atoms with Crippen LogP contribution in [0.2, 0.25) is 0 Å². The Morgan fingerprint density at radius 2 is 2.33 bits per heavy atom. The van der Waals surface area contributed by atoms with E-state index in [1.54, 1.807) is 6.33 Å². The number of halogens is 1. The van der Waals surface area contributed by atoms with Gasteiger partial charge in [0.15, 0.2) is 0 Å². The monoisotopic (exact) mass is 256 g/mol. The van der Waals surface area contributed by atoms with Gasteiger partial charge >= 0.3 is 0 Å². The number of aromatic nitrogens is 2. The summed E-state index contributed by atoms with van der Waals surface area (Å²) in [6.45, 7) is 4.29. The molecular weight excluding hydrogens is 247 g/mol. The summed E-state index contributed by atoms with van der Waals surface area (Å²) in [4.78, 5) is 3.04. The Bertz CT molecular complexity index is 150. The van der Waals surface area contributed by atoms with Gasteiger partial charge in [-0.3, -0.25) is 0 Å². The van der Waals surface area contributed by atoms with Gasteiger partial charge in [0.1, 0.15) is 11.5 Å². The van der Waals surface area contributed by atoms with Crippen LogP contribution in [-0.2, 0) is 0 Å². The van der Waals surface area contributed by atoms with Crippen LogP contribution in [0.1, 0.15) is 24.8 Å². The number of hydrogen-bond acceptors (Lipinski definition) is 2. The number of H-pyrrole nitrogens is 1. The molecule has 0 aliphatic heterocycles. The van der Waals surface area contributed by atoms with E-state index >= 15 is 0 Å². The quantitative estimate of drug-likeness (QED) is 0.538. The molecule has 0 spiro atoms. The average molecular weight is 256 g/mol. The van der Waals surface area contributed by atoms with Gasteiger partial charge in [-0.1, -0.05) is 13.8 Å². The van der Waals surface area contributed by atoms with E-state index in [4.69, 9.17) is 0 Å². The summed E-state index contributed by atoms with van der Waals surface area (Å²) in [7, 11) is 0. The van der Waals surface area contributed by atoms with Crippen LogP contribution in [-0.4, -0.2) is 4.37 Å². The van der Waals surface area contributed by atoms with Crippen molar-refractivity contribution in [3.05, 3.63) is 11.3 Å². The molecule has 0 fully saturated rings. The van der Waals surface area contributed by atoms with Crippen LogP contribution >= 0.6 is 11.5 Å². The molecule has 0 aliphatic rings. The minimum Gasteiger partial charge on any atom is -1.00 e. The molecular formula is C5H9IN2S. The van der Waals surface area contributed by atoms with Crippen LogP contribution < -0.4 is 29.0 Å². The third kappa shape index (κ3) is 2.57. The van der Waals surface area contributed by atoms with Crippen LogP contribution in [0.4, 0.5) is 0 Å². The predicted molar refractivity (Wildman–Crippen MR) is 32.8 cm³/mol. The van der Waals surface area contributed by atoms with E-state index in [1.165, 1.54) is 16.5 Å². The summed E-state index contributed by atoms with van der Waals surface area (Å²) >= 11 is 1.53. The highest BCUT2D eigenvalue weighted by molar-refractivity contribution is 7.05. The van der Waals surface area contributed by atoms with Crippen molar-refractivity contribution in [2.24, 2.45) is 0 Å². The zero-order valence-electron chi connectivity index (χ0n) is 5.39. The van der Waals surface area contributed by atoms with Gasteiger partial charge in [-0.25, -0.2) is 4.98 Å². The van der Waals surface area contributed by atoms with Gasteiger partial charge in [0.25, 0.3) is 6.33 Å². The second kappa shape index (κ2) is 4.16. The van der Waals surface area contributed by atoms with Crippen LogP contribution in [0, 0.1) is 0 Å². The van der Waals surface area contributed by atoms with Crippen LogP contribution in [0.3, 0.4) is 0 Å². The molecule has 2 nitrogen and oxygen atoms in total. The van der Waals surface area contributed by atoms with Crippen molar-refractivity contribution < 1.29 is 29.0 Å². The first-order chi connectivity index (χ1) is 3.80. The number of nitrogens with one attached hydrogen (secondary N) is 1. The lowest BCUT2D eigenvalue weighted by atomic mass is 10.2. The summed E-state index contributed by atoms with van der Waals surface area (Å²) < 4.78 is 3.93. The van der Waals surface area contributed by atoms with Crippen LogP contribution in [0.25, 0.3) is 0 Å². The third-order valence-corrected chi connectivity index (χ3v) is 1.93. The average Bonchev–Trinajstić information content (AvgIpc) is 2.12. The molecule has 52 valence electrons. The largest absolute Gasteiger partial charge is 1.00 e. The molecule has 1 heterocycles. The molecule has 0 bridgehead atoms. The lowest BCUT2D eigenvalue weighted by molar-refractivity contribution is -0.387. The molecule has 4 heteroatoms. The Labute approximate surface area is 75.9 Å². The van der Waals surface area contributed by atoms with Gasteiger partial charge in [-0.2, -0.15) is 0 Å². The van der Waals surface area contributed by atoms with E-state index in [2.05, 4.69) is 23.2 Å². The van der Waals surface area contributed by atoms with Gasteiger partial charge in [0.2, 0.25) is 5.01 Å². The number of nitrogens with zero attached hydrogens (tertiary/aromatic N) is 1. The van der Waals surface area contributed by atoms with Gasteiger partial charge in [0, 0.05) is 10.3 Å². The highest BCUT2D eigenvalue weighted by atomic mass is 127. The Hall–Kier alpha value is 0.290. The minimum atomic E-state index is 0. The summed E-state index contributed by atoms with van der Waals surface area (Å²) in [6.07, 6.45) is 1.72. The Morgan fingerprint density at radius 1 is 1.67 bits per heavy atom. The maximum absolute atomic E-state index is 3.93. The van der Waals surface area contributed by atoms with Crippen molar-refractivity contribution in [1.82, 2.24) is 4.37 Å². The predicted octanol–water partition coefficient (Wildman–Crippen LogP) is -1.92. The lowest BCUT2D eigenvalue weighted by Gasteiger charge is -1.88. The molecule has 0 amide bonds. The van der Waals surface area contributed by atoms with Gasteiger partial charge in [0.05, 0.1) is 0 Å². The minimum absolute atomic E-state index is 0. The first kappa shape index (κ1) is 9.29. The van der Waals surface area contributed by atoms with Crippen molar-refractivity contribution >= 4 is 11.5 Å². The SMILES string of the molecule is CC(C)c1[nH+]cns1.[I-]. The second-order valence-electron chi connectivity index (χ2n) is 1.99. The fraction of sp³-hybridized carbons (Fsp3) is 0.600. The highest BCUT2D eigenvalue weighted by Crippen LogP contribution is 2.09. The number of aromatic amines is 1. The van der Waals surface area contributed by atoms with Gasteiger partial charge in [-0.05, 0) is 0 Å². The first-order valence-corrected chi connectivity index (χ1v) is 3.40. The molecule has 0 saturated carbocycles. The van der Waals surface area contributed by atoms with Crippen molar-refractivity contribution in [3.63, 3.8) is 0 Å². The fourth-order valence-electron chi connectivity index (χ4n) is 0.472. The maximum Gasteiger partial charge on any atom is 0.300 e. The van der Waals surface area contributed by atoms with E-state index in [-0.39, 0.29) is 24.0 Å². The molecule has 0 atom stereocenters. The van der Waals surface area contributed by atoms with Gasteiger partial charge in [-0.15, -0.1) is 0 Å².